The quantitative estimate of drug-likeness (QED) is 0.601. The predicted molar refractivity (Wildman–Crippen MR) is 114 cm³/mol. The highest BCUT2D eigenvalue weighted by atomic mass is 16.5. The van der Waals surface area contributed by atoms with Crippen LogP contribution in [0.1, 0.15) is 21.5 Å². The van der Waals surface area contributed by atoms with E-state index in [4.69, 9.17) is 9.47 Å². The first-order valence-electron chi connectivity index (χ1n) is 9.37. The number of anilines is 1. The molecule has 0 radical (unpaired) electrons. The second kappa shape index (κ2) is 10.1. The van der Waals surface area contributed by atoms with Gasteiger partial charge in [0.05, 0.1) is 26.2 Å². The molecule has 154 valence electrons. The van der Waals surface area contributed by atoms with Crippen LogP contribution in [0.4, 0.5) is 5.69 Å². The lowest BCUT2D eigenvalue weighted by atomic mass is 10.1. The molecule has 0 unspecified atom stereocenters. The molecule has 0 saturated carbocycles. The summed E-state index contributed by atoms with van der Waals surface area (Å²) in [5, 5.41) is 5.76. The molecule has 30 heavy (non-hydrogen) atoms. The number of aromatic nitrogens is 1. The standard InChI is InChI=1S/C23H23N3O4/c1-29-20-10-9-16(12-21(20)30-2)13-22(27)26-19-8-4-3-6-17(19)15-25-23(28)18-7-5-11-24-14-18/h3-12,14H,13,15H2,1-2H3,(H,25,28)(H,26,27). The molecular formula is C23H23N3O4. The van der Waals surface area contributed by atoms with Crippen molar-refractivity contribution < 1.29 is 19.1 Å². The van der Waals surface area contributed by atoms with Crippen molar-refractivity contribution in [3.05, 3.63) is 83.7 Å². The van der Waals surface area contributed by atoms with Crippen molar-refractivity contribution in [2.24, 2.45) is 0 Å². The second-order valence-corrected chi connectivity index (χ2v) is 6.50. The molecule has 0 spiro atoms. The molecule has 0 atom stereocenters. The number of para-hydroxylation sites is 1. The van der Waals surface area contributed by atoms with Crippen LogP contribution >= 0.6 is 0 Å². The molecule has 0 saturated heterocycles. The fourth-order valence-electron chi connectivity index (χ4n) is 2.94. The molecule has 2 N–H and O–H groups in total. The number of hydrogen-bond donors (Lipinski definition) is 2. The molecule has 1 aromatic heterocycles. The van der Waals surface area contributed by atoms with Gasteiger partial charge in [-0.15, -0.1) is 0 Å². The number of nitrogens with one attached hydrogen (secondary N) is 2. The molecule has 2 amide bonds. The summed E-state index contributed by atoms with van der Waals surface area (Å²) in [6.45, 7) is 0.278. The average Bonchev–Trinajstić information content (AvgIpc) is 2.78. The minimum absolute atomic E-state index is 0.173. The van der Waals surface area contributed by atoms with Gasteiger partial charge in [0.25, 0.3) is 5.91 Å². The van der Waals surface area contributed by atoms with Gasteiger partial charge in [-0.05, 0) is 41.5 Å². The Bertz CT molecular complexity index is 1020. The maximum absolute atomic E-state index is 12.6. The van der Waals surface area contributed by atoms with E-state index in [9.17, 15) is 9.59 Å². The molecule has 7 nitrogen and oxygen atoms in total. The summed E-state index contributed by atoms with van der Waals surface area (Å²) in [6.07, 6.45) is 3.29. The van der Waals surface area contributed by atoms with E-state index < -0.39 is 0 Å². The molecule has 1 heterocycles. The van der Waals surface area contributed by atoms with Gasteiger partial charge in [-0.3, -0.25) is 14.6 Å². The predicted octanol–water partition coefficient (Wildman–Crippen LogP) is 3.21. The Morgan fingerprint density at radius 3 is 2.50 bits per heavy atom. The molecular weight excluding hydrogens is 382 g/mol. The summed E-state index contributed by atoms with van der Waals surface area (Å²) in [5.41, 5.74) is 2.73. The smallest absolute Gasteiger partial charge is 0.253 e. The summed E-state index contributed by atoms with van der Waals surface area (Å²) >= 11 is 0. The first-order chi connectivity index (χ1) is 14.6. The highest BCUT2D eigenvalue weighted by Gasteiger charge is 2.11. The van der Waals surface area contributed by atoms with Gasteiger partial charge in [0.1, 0.15) is 0 Å². The van der Waals surface area contributed by atoms with Crippen molar-refractivity contribution in [3.63, 3.8) is 0 Å². The van der Waals surface area contributed by atoms with Crippen LogP contribution < -0.4 is 20.1 Å². The summed E-state index contributed by atoms with van der Waals surface area (Å²) in [5.74, 6) is 0.778. The van der Waals surface area contributed by atoms with Gasteiger partial charge in [0, 0.05) is 24.6 Å². The molecule has 0 fully saturated rings. The molecule has 3 rings (SSSR count). The molecule has 2 aromatic carbocycles. The zero-order valence-electron chi connectivity index (χ0n) is 16.8. The van der Waals surface area contributed by atoms with Gasteiger partial charge in [0.15, 0.2) is 11.5 Å². The van der Waals surface area contributed by atoms with Crippen LogP contribution in [0.3, 0.4) is 0 Å². The minimum Gasteiger partial charge on any atom is -0.493 e. The van der Waals surface area contributed by atoms with Crippen LogP contribution in [0.15, 0.2) is 67.0 Å². The fraction of sp³-hybridized carbons (Fsp3) is 0.174. The first-order valence-corrected chi connectivity index (χ1v) is 9.37. The topological polar surface area (TPSA) is 89.6 Å². The Hall–Kier alpha value is -3.87. The third kappa shape index (κ3) is 5.35. The van der Waals surface area contributed by atoms with Gasteiger partial charge in [0.2, 0.25) is 5.91 Å². The molecule has 0 aliphatic carbocycles. The number of rotatable bonds is 8. The number of benzene rings is 2. The van der Waals surface area contributed by atoms with Gasteiger partial charge in [-0.1, -0.05) is 24.3 Å². The summed E-state index contributed by atoms with van der Waals surface area (Å²) in [6, 6.07) is 16.1. The number of carbonyl (C=O) groups is 2. The van der Waals surface area contributed by atoms with E-state index in [0.29, 0.717) is 22.7 Å². The van der Waals surface area contributed by atoms with Gasteiger partial charge in [-0.2, -0.15) is 0 Å². The number of hydrogen-bond acceptors (Lipinski definition) is 5. The lowest BCUT2D eigenvalue weighted by Gasteiger charge is -2.13. The minimum atomic E-state index is -0.227. The Morgan fingerprint density at radius 2 is 1.77 bits per heavy atom. The molecule has 0 aliphatic heterocycles. The third-order valence-electron chi connectivity index (χ3n) is 4.47. The van der Waals surface area contributed by atoms with E-state index in [2.05, 4.69) is 15.6 Å². The Morgan fingerprint density at radius 1 is 0.967 bits per heavy atom. The fourth-order valence-corrected chi connectivity index (χ4v) is 2.94. The van der Waals surface area contributed by atoms with Crippen molar-refractivity contribution >= 4 is 17.5 Å². The van der Waals surface area contributed by atoms with E-state index in [-0.39, 0.29) is 24.8 Å². The Balaban J connectivity index is 1.64. The number of amides is 2. The summed E-state index contributed by atoms with van der Waals surface area (Å²) in [4.78, 5) is 28.8. The molecule has 3 aromatic rings. The van der Waals surface area contributed by atoms with Crippen LogP contribution in [0, 0.1) is 0 Å². The maximum atomic E-state index is 12.6. The normalized spacial score (nSPS) is 10.2. The van der Waals surface area contributed by atoms with Crippen LogP contribution in [-0.2, 0) is 17.8 Å². The molecule has 7 heteroatoms. The van der Waals surface area contributed by atoms with Gasteiger partial charge < -0.3 is 20.1 Å². The number of nitrogens with zero attached hydrogens (tertiary/aromatic N) is 1. The second-order valence-electron chi connectivity index (χ2n) is 6.50. The van der Waals surface area contributed by atoms with Crippen LogP contribution in [0.2, 0.25) is 0 Å². The first kappa shape index (κ1) is 20.9. The zero-order chi connectivity index (χ0) is 21.3. The largest absolute Gasteiger partial charge is 0.493 e. The Kier molecular flexibility index (Phi) is 7.00. The van der Waals surface area contributed by atoms with E-state index in [1.54, 1.807) is 50.7 Å². The number of methoxy groups -OCH3 is 2. The number of carbonyl (C=O) groups excluding carboxylic acids is 2. The lowest BCUT2D eigenvalue weighted by molar-refractivity contribution is -0.115. The number of pyridine rings is 1. The average molecular weight is 405 g/mol. The Labute approximate surface area is 175 Å². The van der Waals surface area contributed by atoms with E-state index in [0.717, 1.165) is 11.1 Å². The van der Waals surface area contributed by atoms with Crippen molar-refractivity contribution in [2.75, 3.05) is 19.5 Å². The van der Waals surface area contributed by atoms with Gasteiger partial charge in [-0.25, -0.2) is 0 Å². The van der Waals surface area contributed by atoms with Crippen molar-refractivity contribution in [1.29, 1.82) is 0 Å². The van der Waals surface area contributed by atoms with Crippen LogP contribution in [0.5, 0.6) is 11.5 Å². The monoisotopic (exact) mass is 405 g/mol. The lowest BCUT2D eigenvalue weighted by Crippen LogP contribution is -2.24. The zero-order valence-corrected chi connectivity index (χ0v) is 16.8. The highest BCUT2D eigenvalue weighted by Crippen LogP contribution is 2.28. The van der Waals surface area contributed by atoms with Gasteiger partial charge >= 0.3 is 0 Å². The van der Waals surface area contributed by atoms with E-state index in [1.165, 1.54) is 6.20 Å². The summed E-state index contributed by atoms with van der Waals surface area (Å²) < 4.78 is 10.5. The highest BCUT2D eigenvalue weighted by molar-refractivity contribution is 5.95. The maximum Gasteiger partial charge on any atom is 0.253 e. The third-order valence-corrected chi connectivity index (χ3v) is 4.47. The SMILES string of the molecule is COc1ccc(CC(=O)Nc2ccccc2CNC(=O)c2cccnc2)cc1OC. The summed E-state index contributed by atoms with van der Waals surface area (Å²) in [7, 11) is 3.12. The van der Waals surface area contributed by atoms with Crippen molar-refractivity contribution in [1.82, 2.24) is 10.3 Å². The molecule has 0 bridgehead atoms. The van der Waals surface area contributed by atoms with E-state index in [1.807, 2.05) is 24.3 Å². The van der Waals surface area contributed by atoms with Crippen LogP contribution in [0.25, 0.3) is 0 Å². The number of ether oxygens (including phenoxy) is 2. The molecule has 0 aliphatic rings. The van der Waals surface area contributed by atoms with Crippen LogP contribution in [-0.4, -0.2) is 31.0 Å². The van der Waals surface area contributed by atoms with Crippen molar-refractivity contribution in [2.45, 2.75) is 13.0 Å². The van der Waals surface area contributed by atoms with Crippen molar-refractivity contribution in [3.8, 4) is 11.5 Å². The van der Waals surface area contributed by atoms with E-state index >= 15 is 0 Å².